The van der Waals surface area contributed by atoms with Crippen molar-refractivity contribution in [2.75, 3.05) is 16.4 Å². The Bertz CT molecular complexity index is 842. The number of nitrogens with one attached hydrogen (secondary N) is 1. The molecule has 1 N–H and O–H groups in total. The molecule has 0 aliphatic carbocycles. The number of fused-ring (bicyclic) bond motifs is 2. The molecule has 5 nitrogen and oxygen atoms in total. The number of sulfone groups is 1. The molecule has 2 saturated heterocycles. The van der Waals surface area contributed by atoms with E-state index < -0.39 is 9.84 Å². The van der Waals surface area contributed by atoms with Crippen LogP contribution in [0.1, 0.15) is 0 Å². The number of hydrogen-bond acceptors (Lipinski definition) is 3. The van der Waals surface area contributed by atoms with Gasteiger partial charge < -0.3 is 5.32 Å². The van der Waals surface area contributed by atoms with Crippen molar-refractivity contribution >= 4 is 32.3 Å². The van der Waals surface area contributed by atoms with Gasteiger partial charge in [-0.2, -0.15) is 0 Å². The normalized spacial score (nSPS) is 26.9. The van der Waals surface area contributed by atoms with Crippen molar-refractivity contribution in [3.8, 4) is 0 Å². The van der Waals surface area contributed by atoms with Crippen molar-refractivity contribution in [3.05, 3.63) is 42.5 Å². The number of hydrogen-bond donors (Lipinski definition) is 1. The number of carbonyl (C=O) groups is 1. The summed E-state index contributed by atoms with van der Waals surface area (Å²) in [7, 11) is -3.08. The molecule has 2 heterocycles. The maximum atomic E-state index is 12.3. The maximum absolute atomic E-state index is 12.3. The summed E-state index contributed by atoms with van der Waals surface area (Å²) < 4.78 is 23.6. The number of benzene rings is 2. The molecular formula is C15H14N2O3S. The molecule has 0 spiro atoms. The van der Waals surface area contributed by atoms with Gasteiger partial charge in [0, 0.05) is 5.39 Å². The summed E-state index contributed by atoms with van der Waals surface area (Å²) in [5, 5.41) is 4.79. The quantitative estimate of drug-likeness (QED) is 0.813. The average molecular weight is 302 g/mol. The third-order valence-corrected chi connectivity index (χ3v) is 5.92. The third-order valence-electron chi connectivity index (χ3n) is 4.21. The first-order valence-corrected chi connectivity index (χ1v) is 8.65. The van der Waals surface area contributed by atoms with Crippen molar-refractivity contribution < 1.29 is 13.2 Å². The SMILES string of the molecule is O=C1N[C@@H]2CS(=O)(=O)C[C@H]2N1c1cccc2ccccc12. The first-order valence-electron chi connectivity index (χ1n) is 6.83. The van der Waals surface area contributed by atoms with E-state index >= 15 is 0 Å². The van der Waals surface area contributed by atoms with E-state index in [1.54, 1.807) is 4.90 Å². The van der Waals surface area contributed by atoms with Gasteiger partial charge in [0.2, 0.25) is 0 Å². The summed E-state index contributed by atoms with van der Waals surface area (Å²) in [5.74, 6) is 0.0598. The van der Waals surface area contributed by atoms with E-state index in [0.717, 1.165) is 16.5 Å². The molecule has 2 aliphatic rings. The molecule has 2 fully saturated rings. The van der Waals surface area contributed by atoms with Crippen LogP contribution >= 0.6 is 0 Å². The first-order chi connectivity index (χ1) is 10.1. The van der Waals surface area contributed by atoms with Crippen LogP contribution in [0.3, 0.4) is 0 Å². The van der Waals surface area contributed by atoms with Gasteiger partial charge in [0.1, 0.15) is 0 Å². The highest BCUT2D eigenvalue weighted by molar-refractivity contribution is 7.91. The van der Waals surface area contributed by atoms with Gasteiger partial charge in [0.15, 0.2) is 9.84 Å². The zero-order valence-electron chi connectivity index (χ0n) is 11.2. The van der Waals surface area contributed by atoms with E-state index in [4.69, 9.17) is 0 Å². The lowest BCUT2D eigenvalue weighted by Gasteiger charge is -2.23. The Morgan fingerprint density at radius 3 is 2.67 bits per heavy atom. The number of anilines is 1. The predicted molar refractivity (Wildman–Crippen MR) is 81.2 cm³/mol. The van der Waals surface area contributed by atoms with Crippen LogP contribution in [0.15, 0.2) is 42.5 Å². The third kappa shape index (κ3) is 1.90. The fraction of sp³-hybridized carbons (Fsp3) is 0.267. The van der Waals surface area contributed by atoms with Crippen LogP contribution in [0, 0.1) is 0 Å². The zero-order chi connectivity index (χ0) is 14.6. The molecule has 2 aliphatic heterocycles. The number of carbonyl (C=O) groups excluding carboxylic acids is 1. The second-order valence-corrected chi connectivity index (χ2v) is 7.72. The lowest BCUT2D eigenvalue weighted by atomic mass is 10.1. The number of nitrogens with zero attached hydrogens (tertiary/aromatic N) is 1. The molecule has 21 heavy (non-hydrogen) atoms. The van der Waals surface area contributed by atoms with E-state index in [1.165, 1.54) is 0 Å². The van der Waals surface area contributed by atoms with Crippen molar-refractivity contribution in [1.29, 1.82) is 0 Å². The standard InChI is InChI=1S/C15H14N2O3S/c18-15-16-12-8-21(19,20)9-14(12)17(15)13-7-3-5-10-4-1-2-6-11(10)13/h1-7,12,14H,8-9H2,(H,16,18)/t12-,14-/m1/s1. The van der Waals surface area contributed by atoms with Crippen LogP contribution in [0.4, 0.5) is 10.5 Å². The summed E-state index contributed by atoms with van der Waals surface area (Å²) in [6.07, 6.45) is 0. The van der Waals surface area contributed by atoms with Crippen molar-refractivity contribution in [2.24, 2.45) is 0 Å². The summed E-state index contributed by atoms with van der Waals surface area (Å²) in [4.78, 5) is 13.9. The van der Waals surface area contributed by atoms with Gasteiger partial charge in [-0.1, -0.05) is 36.4 Å². The summed E-state index contributed by atoms with van der Waals surface area (Å²) in [6.45, 7) is 0. The van der Waals surface area contributed by atoms with Gasteiger partial charge in [-0.15, -0.1) is 0 Å². The van der Waals surface area contributed by atoms with Crippen molar-refractivity contribution in [1.82, 2.24) is 5.32 Å². The summed E-state index contributed by atoms with van der Waals surface area (Å²) >= 11 is 0. The maximum Gasteiger partial charge on any atom is 0.322 e. The molecule has 0 saturated carbocycles. The van der Waals surface area contributed by atoms with Gasteiger partial charge in [0.05, 0.1) is 29.3 Å². The molecule has 108 valence electrons. The monoisotopic (exact) mass is 302 g/mol. The molecule has 2 amide bonds. The second kappa shape index (κ2) is 4.21. The van der Waals surface area contributed by atoms with E-state index in [0.29, 0.717) is 0 Å². The van der Waals surface area contributed by atoms with E-state index in [2.05, 4.69) is 5.32 Å². The Hall–Kier alpha value is -2.08. The number of amides is 2. The van der Waals surface area contributed by atoms with E-state index in [-0.39, 0.29) is 29.6 Å². The van der Waals surface area contributed by atoms with Crippen LogP contribution in [-0.2, 0) is 9.84 Å². The Kier molecular flexibility index (Phi) is 2.53. The molecule has 0 unspecified atom stereocenters. The van der Waals surface area contributed by atoms with Crippen LogP contribution in [-0.4, -0.2) is 38.0 Å². The van der Waals surface area contributed by atoms with Crippen LogP contribution in [0.2, 0.25) is 0 Å². The highest BCUT2D eigenvalue weighted by atomic mass is 32.2. The Morgan fingerprint density at radius 2 is 1.81 bits per heavy atom. The van der Waals surface area contributed by atoms with Gasteiger partial charge in [-0.05, 0) is 11.5 Å². The lowest BCUT2D eigenvalue weighted by Crippen LogP contribution is -2.37. The van der Waals surface area contributed by atoms with Crippen LogP contribution in [0.25, 0.3) is 10.8 Å². The van der Waals surface area contributed by atoms with Gasteiger partial charge in [0.25, 0.3) is 0 Å². The first kappa shape index (κ1) is 12.6. The highest BCUT2D eigenvalue weighted by Gasteiger charge is 2.49. The predicted octanol–water partition coefficient (Wildman–Crippen LogP) is 1.53. The minimum absolute atomic E-state index is 0.0274. The summed E-state index contributed by atoms with van der Waals surface area (Å²) in [5.41, 5.74) is 0.773. The fourth-order valence-corrected chi connectivity index (χ4v) is 5.20. The lowest BCUT2D eigenvalue weighted by molar-refractivity contribution is 0.251. The van der Waals surface area contributed by atoms with Gasteiger partial charge >= 0.3 is 6.03 Å². The topological polar surface area (TPSA) is 66.5 Å². The fourth-order valence-electron chi connectivity index (χ4n) is 3.31. The van der Waals surface area contributed by atoms with Crippen molar-refractivity contribution in [3.63, 3.8) is 0 Å². The molecule has 4 rings (SSSR count). The average Bonchev–Trinajstić information content (AvgIpc) is 2.88. The molecule has 6 heteroatoms. The smallest absolute Gasteiger partial charge is 0.322 e. The van der Waals surface area contributed by atoms with Gasteiger partial charge in [-0.3, -0.25) is 4.90 Å². The minimum atomic E-state index is -3.08. The molecule has 2 aromatic rings. The molecule has 0 radical (unpaired) electrons. The molecule has 0 bridgehead atoms. The highest BCUT2D eigenvalue weighted by Crippen LogP contribution is 2.34. The Morgan fingerprint density at radius 1 is 1.05 bits per heavy atom. The molecule has 0 aromatic heterocycles. The molecular weight excluding hydrogens is 288 g/mol. The zero-order valence-corrected chi connectivity index (χ0v) is 12.0. The second-order valence-electron chi connectivity index (χ2n) is 5.57. The number of rotatable bonds is 1. The van der Waals surface area contributed by atoms with E-state index in [9.17, 15) is 13.2 Å². The largest absolute Gasteiger partial charge is 0.332 e. The molecule has 2 atom stereocenters. The Balaban J connectivity index is 1.86. The Labute approximate surface area is 122 Å². The minimum Gasteiger partial charge on any atom is -0.332 e. The number of urea groups is 1. The van der Waals surface area contributed by atoms with E-state index in [1.807, 2.05) is 42.5 Å². The molecule has 2 aromatic carbocycles. The van der Waals surface area contributed by atoms with Crippen molar-refractivity contribution in [2.45, 2.75) is 12.1 Å². The summed E-state index contributed by atoms with van der Waals surface area (Å²) in [6, 6.07) is 12.7. The van der Waals surface area contributed by atoms with Gasteiger partial charge in [-0.25, -0.2) is 13.2 Å². The van der Waals surface area contributed by atoms with Crippen LogP contribution < -0.4 is 10.2 Å². The van der Waals surface area contributed by atoms with Crippen LogP contribution in [0.5, 0.6) is 0 Å².